The standard InChI is InChI=1S/C18H14Cl2N2O3S/c1-26-9-13-11-4-2-3-5-15(11)25-16(13)18(24)22-21-17(23)12-8-10(19)6-7-14(12)20/h2-8H,9H2,1H3,(H,21,23)(H,22,24). The Hall–Kier alpha value is -2.15. The second kappa shape index (κ2) is 8.03. The fourth-order valence-corrected chi connectivity index (χ4v) is 3.43. The number of thioether (sulfide) groups is 1. The van der Waals surface area contributed by atoms with E-state index < -0.39 is 11.8 Å². The van der Waals surface area contributed by atoms with Crippen molar-refractivity contribution in [2.24, 2.45) is 0 Å². The van der Waals surface area contributed by atoms with Crippen molar-refractivity contribution in [2.45, 2.75) is 5.75 Å². The largest absolute Gasteiger partial charge is 0.451 e. The van der Waals surface area contributed by atoms with Crippen LogP contribution in [0.3, 0.4) is 0 Å². The second-order valence-electron chi connectivity index (χ2n) is 5.37. The van der Waals surface area contributed by atoms with Gasteiger partial charge in [-0.1, -0.05) is 41.4 Å². The van der Waals surface area contributed by atoms with E-state index in [1.54, 1.807) is 23.9 Å². The third-order valence-electron chi connectivity index (χ3n) is 3.66. The third-order valence-corrected chi connectivity index (χ3v) is 4.80. The van der Waals surface area contributed by atoms with Crippen LogP contribution in [0.4, 0.5) is 0 Å². The number of benzene rings is 2. The van der Waals surface area contributed by atoms with Crippen LogP contribution in [-0.2, 0) is 5.75 Å². The third kappa shape index (κ3) is 3.82. The minimum Gasteiger partial charge on any atom is -0.451 e. The van der Waals surface area contributed by atoms with Crippen LogP contribution < -0.4 is 10.9 Å². The molecule has 0 saturated heterocycles. The highest BCUT2D eigenvalue weighted by Crippen LogP contribution is 2.28. The molecule has 0 aliphatic rings. The number of carbonyl (C=O) groups is 2. The highest BCUT2D eigenvalue weighted by Gasteiger charge is 2.21. The van der Waals surface area contributed by atoms with Gasteiger partial charge < -0.3 is 4.42 Å². The molecule has 0 fully saturated rings. The summed E-state index contributed by atoms with van der Waals surface area (Å²) < 4.78 is 5.67. The van der Waals surface area contributed by atoms with Gasteiger partial charge in [-0.15, -0.1) is 0 Å². The van der Waals surface area contributed by atoms with Crippen molar-refractivity contribution in [2.75, 3.05) is 6.26 Å². The Morgan fingerprint density at radius 1 is 1.08 bits per heavy atom. The van der Waals surface area contributed by atoms with Gasteiger partial charge in [-0.3, -0.25) is 20.4 Å². The first-order valence-electron chi connectivity index (χ1n) is 7.56. The molecule has 2 aromatic carbocycles. The molecule has 2 N–H and O–H groups in total. The molecule has 3 aromatic rings. The van der Waals surface area contributed by atoms with Gasteiger partial charge in [0.25, 0.3) is 5.91 Å². The lowest BCUT2D eigenvalue weighted by Gasteiger charge is -2.08. The van der Waals surface area contributed by atoms with Gasteiger partial charge in [0.15, 0.2) is 5.76 Å². The normalized spacial score (nSPS) is 10.7. The maximum Gasteiger partial charge on any atom is 0.305 e. The zero-order valence-electron chi connectivity index (χ0n) is 13.6. The van der Waals surface area contributed by atoms with Crippen molar-refractivity contribution >= 4 is 57.7 Å². The van der Waals surface area contributed by atoms with E-state index in [0.717, 1.165) is 10.9 Å². The predicted molar refractivity (Wildman–Crippen MR) is 105 cm³/mol. The minimum absolute atomic E-state index is 0.161. The maximum atomic E-state index is 12.5. The summed E-state index contributed by atoms with van der Waals surface area (Å²) in [5.41, 5.74) is 6.25. The molecule has 0 bridgehead atoms. The summed E-state index contributed by atoms with van der Waals surface area (Å²) >= 11 is 13.4. The van der Waals surface area contributed by atoms with Crippen LogP contribution in [0.15, 0.2) is 46.9 Å². The second-order valence-corrected chi connectivity index (χ2v) is 7.08. The van der Waals surface area contributed by atoms with Crippen molar-refractivity contribution in [3.8, 4) is 0 Å². The molecule has 0 atom stereocenters. The number of para-hydroxylation sites is 1. The SMILES string of the molecule is CSCc1c(C(=O)NNC(=O)c2cc(Cl)ccc2Cl)oc2ccccc12. The van der Waals surface area contributed by atoms with Crippen molar-refractivity contribution < 1.29 is 14.0 Å². The Morgan fingerprint density at radius 2 is 1.81 bits per heavy atom. The van der Waals surface area contributed by atoms with Gasteiger partial charge in [-0.2, -0.15) is 11.8 Å². The molecular formula is C18H14Cl2N2O3S. The van der Waals surface area contributed by atoms with E-state index in [-0.39, 0.29) is 16.3 Å². The number of rotatable bonds is 4. The molecule has 0 unspecified atom stereocenters. The maximum absolute atomic E-state index is 12.5. The summed E-state index contributed by atoms with van der Waals surface area (Å²) in [5, 5.41) is 1.47. The quantitative estimate of drug-likeness (QED) is 0.614. The van der Waals surface area contributed by atoms with Gasteiger partial charge in [0.05, 0.1) is 10.6 Å². The van der Waals surface area contributed by atoms with Crippen molar-refractivity contribution in [1.29, 1.82) is 0 Å². The fraction of sp³-hybridized carbons (Fsp3) is 0.111. The number of carbonyl (C=O) groups excluding carboxylic acids is 2. The van der Waals surface area contributed by atoms with Crippen molar-refractivity contribution in [1.82, 2.24) is 10.9 Å². The summed E-state index contributed by atoms with van der Waals surface area (Å²) in [7, 11) is 0. The van der Waals surface area contributed by atoms with E-state index in [4.69, 9.17) is 27.6 Å². The molecule has 134 valence electrons. The summed E-state index contributed by atoms with van der Waals surface area (Å²) in [4.78, 5) is 24.7. The monoisotopic (exact) mass is 408 g/mol. The first kappa shape index (κ1) is 18.6. The summed E-state index contributed by atoms with van der Waals surface area (Å²) in [5.74, 6) is -0.350. The van der Waals surface area contributed by atoms with Gasteiger partial charge in [-0.05, 0) is 30.5 Å². The van der Waals surface area contributed by atoms with Gasteiger partial charge in [-0.25, -0.2) is 0 Å². The average molecular weight is 409 g/mol. The minimum atomic E-state index is -0.576. The first-order valence-corrected chi connectivity index (χ1v) is 9.71. The lowest BCUT2D eigenvalue weighted by atomic mass is 10.1. The number of furan rings is 1. The molecule has 3 rings (SSSR count). The zero-order chi connectivity index (χ0) is 18.7. The number of halogens is 2. The molecule has 8 heteroatoms. The van der Waals surface area contributed by atoms with E-state index in [2.05, 4.69) is 10.9 Å². The summed E-state index contributed by atoms with van der Waals surface area (Å²) in [6.45, 7) is 0. The fourth-order valence-electron chi connectivity index (χ4n) is 2.48. The summed E-state index contributed by atoms with van der Waals surface area (Å²) in [6, 6.07) is 11.9. The molecule has 26 heavy (non-hydrogen) atoms. The van der Waals surface area contributed by atoms with E-state index in [1.807, 2.05) is 24.5 Å². The Kier molecular flexibility index (Phi) is 5.76. The van der Waals surface area contributed by atoms with Gasteiger partial charge in [0.2, 0.25) is 0 Å². The Balaban J connectivity index is 1.80. The van der Waals surface area contributed by atoms with Crippen LogP contribution in [0.1, 0.15) is 26.5 Å². The van der Waals surface area contributed by atoms with Crippen LogP contribution in [0.5, 0.6) is 0 Å². The number of hydrazine groups is 1. The number of nitrogens with one attached hydrogen (secondary N) is 2. The van der Waals surface area contributed by atoms with Crippen molar-refractivity contribution in [3.05, 3.63) is 69.4 Å². The molecule has 0 saturated carbocycles. The zero-order valence-corrected chi connectivity index (χ0v) is 16.0. The Labute approximate surface area is 164 Å². The molecule has 1 heterocycles. The smallest absolute Gasteiger partial charge is 0.305 e. The Morgan fingerprint density at radius 3 is 2.58 bits per heavy atom. The van der Waals surface area contributed by atoms with Crippen LogP contribution in [0.2, 0.25) is 10.0 Å². The predicted octanol–water partition coefficient (Wildman–Crippen LogP) is 4.68. The van der Waals surface area contributed by atoms with Gasteiger partial charge >= 0.3 is 5.91 Å². The highest BCUT2D eigenvalue weighted by molar-refractivity contribution is 7.97. The van der Waals surface area contributed by atoms with Gasteiger partial charge in [0, 0.05) is 21.7 Å². The molecule has 5 nitrogen and oxygen atoms in total. The van der Waals surface area contributed by atoms with E-state index in [9.17, 15) is 9.59 Å². The molecule has 0 radical (unpaired) electrons. The van der Waals surface area contributed by atoms with Crippen molar-refractivity contribution in [3.63, 3.8) is 0 Å². The van der Waals surface area contributed by atoms with Crippen LogP contribution in [0, 0.1) is 0 Å². The molecule has 0 spiro atoms. The number of hydrogen-bond donors (Lipinski definition) is 2. The van der Waals surface area contributed by atoms with E-state index in [0.29, 0.717) is 16.4 Å². The lowest BCUT2D eigenvalue weighted by molar-refractivity contribution is 0.0831. The van der Waals surface area contributed by atoms with Gasteiger partial charge in [0.1, 0.15) is 5.58 Å². The van der Waals surface area contributed by atoms with Crippen LogP contribution in [0.25, 0.3) is 11.0 Å². The lowest BCUT2D eigenvalue weighted by Crippen LogP contribution is -2.41. The molecule has 0 aliphatic heterocycles. The van der Waals surface area contributed by atoms with Crippen LogP contribution >= 0.6 is 35.0 Å². The highest BCUT2D eigenvalue weighted by atomic mass is 35.5. The molecule has 2 amide bonds. The number of hydrogen-bond acceptors (Lipinski definition) is 4. The molecule has 1 aromatic heterocycles. The number of amides is 2. The molecule has 0 aliphatic carbocycles. The topological polar surface area (TPSA) is 71.3 Å². The Bertz CT molecular complexity index is 988. The van der Waals surface area contributed by atoms with E-state index >= 15 is 0 Å². The first-order chi connectivity index (χ1) is 12.5. The van der Waals surface area contributed by atoms with Crippen LogP contribution in [-0.4, -0.2) is 18.1 Å². The summed E-state index contributed by atoms with van der Waals surface area (Å²) in [6.07, 6.45) is 1.94. The molecular weight excluding hydrogens is 395 g/mol. The average Bonchev–Trinajstić information content (AvgIpc) is 3.00. The van der Waals surface area contributed by atoms with E-state index in [1.165, 1.54) is 12.1 Å². The number of fused-ring (bicyclic) bond motifs is 1.